The summed E-state index contributed by atoms with van der Waals surface area (Å²) in [4.78, 5) is 8.04. The van der Waals surface area contributed by atoms with Crippen LogP contribution in [0.4, 0.5) is 13.2 Å². The number of likely N-dealkylation sites (tertiary alicyclic amines) is 1. The molecule has 2 rings (SSSR count). The summed E-state index contributed by atoms with van der Waals surface area (Å²) in [5, 5.41) is 3.44. The highest BCUT2D eigenvalue weighted by atomic mass is 19.4. The molecule has 1 N–H and O–H groups in total. The molecule has 1 aromatic carbocycles. The van der Waals surface area contributed by atoms with Gasteiger partial charge in [0.1, 0.15) is 0 Å². The van der Waals surface area contributed by atoms with Gasteiger partial charge < -0.3 is 10.2 Å². The van der Waals surface area contributed by atoms with Crippen molar-refractivity contribution in [3.05, 3.63) is 35.4 Å². The second-order valence-electron chi connectivity index (χ2n) is 7.79. The van der Waals surface area contributed by atoms with Crippen molar-refractivity contribution < 1.29 is 13.2 Å². The number of rotatable bonds is 7. The molecule has 7 heteroatoms. The SMILES string of the molecule is CCN(CC1CCN(C(=NC)NCC(C)c2cccc(C)c2)C1)CC(F)(F)F. The van der Waals surface area contributed by atoms with E-state index in [4.69, 9.17) is 0 Å². The number of nitrogens with zero attached hydrogens (tertiary/aromatic N) is 3. The van der Waals surface area contributed by atoms with Gasteiger partial charge in [-0.15, -0.1) is 0 Å². The van der Waals surface area contributed by atoms with Crippen molar-refractivity contribution in [2.75, 3.05) is 46.3 Å². The van der Waals surface area contributed by atoms with E-state index in [0.717, 1.165) is 32.0 Å². The maximum Gasteiger partial charge on any atom is 0.401 e. The minimum Gasteiger partial charge on any atom is -0.356 e. The maximum atomic E-state index is 12.7. The molecule has 1 heterocycles. The molecule has 1 fully saturated rings. The zero-order valence-electron chi connectivity index (χ0n) is 17.4. The van der Waals surface area contributed by atoms with E-state index in [1.165, 1.54) is 16.0 Å². The largest absolute Gasteiger partial charge is 0.401 e. The van der Waals surface area contributed by atoms with E-state index in [2.05, 4.69) is 53.3 Å². The number of nitrogens with one attached hydrogen (secondary N) is 1. The molecule has 2 atom stereocenters. The molecule has 0 amide bonds. The summed E-state index contributed by atoms with van der Waals surface area (Å²) in [7, 11) is 1.76. The van der Waals surface area contributed by atoms with Crippen LogP contribution in [-0.2, 0) is 0 Å². The molecule has 1 aromatic rings. The van der Waals surface area contributed by atoms with Gasteiger partial charge >= 0.3 is 6.18 Å². The molecule has 0 aliphatic carbocycles. The molecular weight excluding hydrogens is 365 g/mol. The number of hydrogen-bond acceptors (Lipinski definition) is 2. The molecule has 0 spiro atoms. The van der Waals surface area contributed by atoms with Gasteiger partial charge in [0, 0.05) is 33.2 Å². The van der Waals surface area contributed by atoms with Crippen molar-refractivity contribution >= 4 is 5.96 Å². The summed E-state index contributed by atoms with van der Waals surface area (Å²) < 4.78 is 38.1. The highest BCUT2D eigenvalue weighted by molar-refractivity contribution is 5.80. The van der Waals surface area contributed by atoms with Gasteiger partial charge in [-0.2, -0.15) is 13.2 Å². The second kappa shape index (κ2) is 10.1. The van der Waals surface area contributed by atoms with E-state index in [0.29, 0.717) is 19.0 Å². The number of alkyl halides is 3. The summed E-state index contributed by atoms with van der Waals surface area (Å²) in [5.41, 5.74) is 2.53. The predicted octanol–water partition coefficient (Wildman–Crippen LogP) is 3.88. The lowest BCUT2D eigenvalue weighted by molar-refractivity contribution is -0.146. The van der Waals surface area contributed by atoms with Gasteiger partial charge in [-0.3, -0.25) is 9.89 Å². The Morgan fingerprint density at radius 2 is 2.14 bits per heavy atom. The number of halogens is 3. The van der Waals surface area contributed by atoms with Gasteiger partial charge in [-0.1, -0.05) is 43.7 Å². The van der Waals surface area contributed by atoms with Crippen molar-refractivity contribution in [3.63, 3.8) is 0 Å². The average Bonchev–Trinajstić information content (AvgIpc) is 3.08. The van der Waals surface area contributed by atoms with Crippen molar-refractivity contribution in [1.29, 1.82) is 0 Å². The van der Waals surface area contributed by atoms with E-state index in [1.54, 1.807) is 14.0 Å². The van der Waals surface area contributed by atoms with Crippen LogP contribution in [0.5, 0.6) is 0 Å². The number of hydrogen-bond donors (Lipinski definition) is 1. The van der Waals surface area contributed by atoms with Crippen molar-refractivity contribution in [1.82, 2.24) is 15.1 Å². The third-order valence-electron chi connectivity index (χ3n) is 5.34. The smallest absolute Gasteiger partial charge is 0.356 e. The molecule has 0 bridgehead atoms. The normalized spacial score (nSPS) is 19.4. The van der Waals surface area contributed by atoms with Crippen molar-refractivity contribution in [3.8, 4) is 0 Å². The number of benzene rings is 1. The van der Waals surface area contributed by atoms with Gasteiger partial charge in [0.2, 0.25) is 0 Å². The lowest BCUT2D eigenvalue weighted by Crippen LogP contribution is -2.42. The minimum absolute atomic E-state index is 0.232. The van der Waals surface area contributed by atoms with E-state index < -0.39 is 12.7 Å². The Kier molecular flexibility index (Phi) is 8.16. The van der Waals surface area contributed by atoms with E-state index >= 15 is 0 Å². The lowest BCUT2D eigenvalue weighted by Gasteiger charge is -2.26. The first kappa shape index (κ1) is 22.5. The highest BCUT2D eigenvalue weighted by Crippen LogP contribution is 2.22. The number of aliphatic imine (C=N–C) groups is 1. The van der Waals surface area contributed by atoms with Crippen LogP contribution in [0.1, 0.15) is 37.3 Å². The molecule has 158 valence electrons. The first-order valence-electron chi connectivity index (χ1n) is 10.0. The molecule has 1 aliphatic heterocycles. The summed E-state index contributed by atoms with van der Waals surface area (Å²) >= 11 is 0. The fourth-order valence-corrected chi connectivity index (χ4v) is 3.77. The summed E-state index contributed by atoms with van der Waals surface area (Å²) in [6, 6.07) is 8.49. The molecule has 0 aromatic heterocycles. The molecule has 0 saturated carbocycles. The topological polar surface area (TPSA) is 30.9 Å². The lowest BCUT2D eigenvalue weighted by atomic mass is 9.99. The van der Waals surface area contributed by atoms with Gasteiger partial charge in [0.05, 0.1) is 6.54 Å². The van der Waals surface area contributed by atoms with E-state index in [9.17, 15) is 13.2 Å². The minimum atomic E-state index is -4.14. The van der Waals surface area contributed by atoms with Crippen molar-refractivity contribution in [2.45, 2.75) is 39.3 Å². The quantitative estimate of drug-likeness (QED) is 0.559. The Hall–Kier alpha value is -1.76. The predicted molar refractivity (Wildman–Crippen MR) is 109 cm³/mol. The van der Waals surface area contributed by atoms with Gasteiger partial charge in [-0.05, 0) is 37.3 Å². The molecule has 4 nitrogen and oxygen atoms in total. The number of guanidine groups is 1. The van der Waals surface area contributed by atoms with Crippen LogP contribution < -0.4 is 5.32 Å². The third-order valence-corrected chi connectivity index (χ3v) is 5.34. The van der Waals surface area contributed by atoms with Gasteiger partial charge in [0.15, 0.2) is 5.96 Å². The van der Waals surface area contributed by atoms with Crippen LogP contribution in [-0.4, -0.2) is 68.3 Å². The third kappa shape index (κ3) is 7.00. The Morgan fingerprint density at radius 3 is 2.75 bits per heavy atom. The highest BCUT2D eigenvalue weighted by Gasteiger charge is 2.33. The van der Waals surface area contributed by atoms with E-state index in [-0.39, 0.29) is 5.92 Å². The molecule has 2 unspecified atom stereocenters. The van der Waals surface area contributed by atoms with Crippen LogP contribution in [0.3, 0.4) is 0 Å². The second-order valence-corrected chi connectivity index (χ2v) is 7.79. The average molecular weight is 399 g/mol. The zero-order chi connectivity index (χ0) is 20.7. The molecular formula is C21H33F3N4. The van der Waals surface area contributed by atoms with Crippen LogP contribution in [0.25, 0.3) is 0 Å². The maximum absolute atomic E-state index is 12.7. The monoisotopic (exact) mass is 398 g/mol. The van der Waals surface area contributed by atoms with Gasteiger partial charge in [0.25, 0.3) is 0 Å². The molecule has 1 aliphatic rings. The standard InChI is InChI=1S/C21H33F3N4/c1-5-27(15-21(22,23)24)13-18-9-10-28(14-18)20(25-4)26-12-17(3)19-8-6-7-16(2)11-19/h6-8,11,17-18H,5,9-10,12-15H2,1-4H3,(H,25,26). The zero-order valence-corrected chi connectivity index (χ0v) is 17.4. The first-order chi connectivity index (χ1) is 13.2. The number of aryl methyl sites for hydroxylation is 1. The van der Waals surface area contributed by atoms with E-state index in [1.807, 2.05) is 0 Å². The van der Waals surface area contributed by atoms with Crippen molar-refractivity contribution in [2.24, 2.45) is 10.9 Å². The van der Waals surface area contributed by atoms with Crippen LogP contribution in [0, 0.1) is 12.8 Å². The molecule has 1 saturated heterocycles. The van der Waals surface area contributed by atoms with Crippen LogP contribution in [0.2, 0.25) is 0 Å². The summed E-state index contributed by atoms with van der Waals surface area (Å²) in [6.07, 6.45) is -3.25. The summed E-state index contributed by atoms with van der Waals surface area (Å²) in [6.45, 7) is 8.45. The van der Waals surface area contributed by atoms with Gasteiger partial charge in [-0.25, -0.2) is 0 Å². The first-order valence-corrected chi connectivity index (χ1v) is 10.0. The molecule has 28 heavy (non-hydrogen) atoms. The fourth-order valence-electron chi connectivity index (χ4n) is 3.77. The molecule has 0 radical (unpaired) electrons. The Balaban J connectivity index is 1.85. The Morgan fingerprint density at radius 1 is 1.39 bits per heavy atom. The van der Waals surface area contributed by atoms with Crippen LogP contribution in [0.15, 0.2) is 29.3 Å². The summed E-state index contributed by atoms with van der Waals surface area (Å²) in [5.74, 6) is 1.41. The fraction of sp³-hybridized carbons (Fsp3) is 0.667. The Labute approximate surface area is 166 Å². The van der Waals surface area contributed by atoms with Crippen LogP contribution >= 0.6 is 0 Å². The Bertz CT molecular complexity index is 645.